The predicted octanol–water partition coefficient (Wildman–Crippen LogP) is 2.77. The second-order valence-corrected chi connectivity index (χ2v) is 8.36. The quantitative estimate of drug-likeness (QED) is 0.502. The van der Waals surface area contributed by atoms with Crippen LogP contribution in [0, 0.1) is 5.92 Å². The number of nitrogens with zero attached hydrogens (tertiary/aromatic N) is 3. The predicted molar refractivity (Wildman–Crippen MR) is 125 cm³/mol. The Morgan fingerprint density at radius 2 is 1.57 bits per heavy atom. The van der Waals surface area contributed by atoms with Crippen molar-refractivity contribution in [3.8, 4) is 0 Å². The van der Waals surface area contributed by atoms with Gasteiger partial charge in [0, 0.05) is 26.7 Å². The van der Waals surface area contributed by atoms with Crippen molar-refractivity contribution in [1.29, 1.82) is 0 Å². The van der Waals surface area contributed by atoms with Crippen LogP contribution in [0.25, 0.3) is 0 Å². The van der Waals surface area contributed by atoms with Crippen LogP contribution in [-0.4, -0.2) is 86.8 Å². The molecule has 30 heavy (non-hydrogen) atoms. The summed E-state index contributed by atoms with van der Waals surface area (Å²) in [4.78, 5) is 39.4. The molecule has 1 aliphatic rings. The molecular formula is C23H46N4O3. The van der Waals surface area contributed by atoms with E-state index >= 15 is 0 Å². The van der Waals surface area contributed by atoms with Crippen molar-refractivity contribution in [2.45, 2.75) is 66.3 Å². The molecule has 0 unspecified atom stereocenters. The van der Waals surface area contributed by atoms with E-state index in [1.165, 1.54) is 43.7 Å². The Morgan fingerprint density at radius 3 is 1.90 bits per heavy atom. The average molecular weight is 427 g/mol. The average Bonchev–Trinajstić information content (AvgIpc) is 2.70. The molecule has 0 saturated carbocycles. The molecule has 0 bridgehead atoms. The third-order valence-corrected chi connectivity index (χ3v) is 4.60. The fourth-order valence-electron chi connectivity index (χ4n) is 2.90. The molecule has 3 amide bonds. The van der Waals surface area contributed by atoms with Gasteiger partial charge >= 0.3 is 0 Å². The SMILES string of the molecule is C/C(=C\[C@H](C(C)C)N(C)C(=O)CNC=O)C(=O)N(C)C.CCC.CN1CCCCC1. The zero-order chi connectivity index (χ0) is 23.7. The normalized spacial score (nSPS) is 15.1. The van der Waals surface area contributed by atoms with Crippen LogP contribution < -0.4 is 5.32 Å². The zero-order valence-electron chi connectivity index (χ0n) is 20.8. The van der Waals surface area contributed by atoms with Crippen LogP contribution in [-0.2, 0) is 14.4 Å². The van der Waals surface area contributed by atoms with Gasteiger partial charge in [-0.3, -0.25) is 14.4 Å². The minimum atomic E-state index is -0.197. The largest absolute Gasteiger partial charge is 0.350 e. The number of carbonyl (C=O) groups excluding carboxylic acids is 3. The van der Waals surface area contributed by atoms with E-state index in [1.807, 2.05) is 13.8 Å². The molecular weight excluding hydrogens is 380 g/mol. The van der Waals surface area contributed by atoms with Gasteiger partial charge in [-0.15, -0.1) is 0 Å². The Kier molecular flexibility index (Phi) is 18.1. The fraction of sp³-hybridized carbons (Fsp3) is 0.783. The first-order chi connectivity index (χ1) is 14.0. The summed E-state index contributed by atoms with van der Waals surface area (Å²) >= 11 is 0. The Morgan fingerprint density at radius 1 is 1.07 bits per heavy atom. The molecule has 176 valence electrons. The molecule has 1 heterocycles. The van der Waals surface area contributed by atoms with Gasteiger partial charge in [0.05, 0.1) is 12.6 Å². The number of nitrogens with one attached hydrogen (secondary N) is 1. The third-order valence-electron chi connectivity index (χ3n) is 4.60. The van der Waals surface area contributed by atoms with Gasteiger partial charge in [0.1, 0.15) is 0 Å². The molecule has 0 spiro atoms. The van der Waals surface area contributed by atoms with Crippen molar-refractivity contribution < 1.29 is 14.4 Å². The summed E-state index contributed by atoms with van der Waals surface area (Å²) in [5.41, 5.74) is 0.594. The van der Waals surface area contributed by atoms with Gasteiger partial charge in [-0.1, -0.05) is 46.6 Å². The van der Waals surface area contributed by atoms with Crippen LogP contribution in [0.2, 0.25) is 0 Å². The molecule has 1 fully saturated rings. The molecule has 0 aromatic rings. The summed E-state index contributed by atoms with van der Waals surface area (Å²) in [5.74, 6) is -0.121. The number of carbonyl (C=O) groups is 3. The molecule has 1 N–H and O–H groups in total. The second-order valence-electron chi connectivity index (χ2n) is 8.36. The van der Waals surface area contributed by atoms with Gasteiger partial charge in [0.15, 0.2) is 0 Å². The lowest BCUT2D eigenvalue weighted by molar-refractivity contribution is -0.132. The molecule has 0 radical (unpaired) electrons. The highest BCUT2D eigenvalue weighted by atomic mass is 16.2. The molecule has 1 aliphatic heterocycles. The molecule has 1 saturated heterocycles. The van der Waals surface area contributed by atoms with Crippen LogP contribution in [0.4, 0.5) is 0 Å². The lowest BCUT2D eigenvalue weighted by atomic mass is 9.99. The van der Waals surface area contributed by atoms with E-state index in [2.05, 4.69) is 31.1 Å². The maximum Gasteiger partial charge on any atom is 0.248 e. The van der Waals surface area contributed by atoms with Gasteiger partial charge in [0.2, 0.25) is 18.2 Å². The van der Waals surface area contributed by atoms with Crippen molar-refractivity contribution in [2.24, 2.45) is 5.92 Å². The summed E-state index contributed by atoms with van der Waals surface area (Å²) in [5, 5.41) is 2.35. The zero-order valence-corrected chi connectivity index (χ0v) is 20.8. The maximum absolute atomic E-state index is 11.9. The molecule has 0 aromatic carbocycles. The monoisotopic (exact) mass is 426 g/mol. The van der Waals surface area contributed by atoms with Gasteiger partial charge in [-0.05, 0) is 45.8 Å². The van der Waals surface area contributed by atoms with E-state index in [-0.39, 0.29) is 30.3 Å². The van der Waals surface area contributed by atoms with Gasteiger partial charge in [0.25, 0.3) is 0 Å². The van der Waals surface area contributed by atoms with Gasteiger partial charge in [-0.25, -0.2) is 0 Å². The highest BCUT2D eigenvalue weighted by Crippen LogP contribution is 2.14. The number of likely N-dealkylation sites (N-methyl/N-ethyl adjacent to an activating group) is 2. The number of piperidine rings is 1. The van der Waals surface area contributed by atoms with Crippen LogP contribution in [0.5, 0.6) is 0 Å². The molecule has 7 nitrogen and oxygen atoms in total. The number of likely N-dealkylation sites (tertiary alicyclic amines) is 1. The van der Waals surface area contributed by atoms with E-state index in [9.17, 15) is 14.4 Å². The Balaban J connectivity index is 0. The topological polar surface area (TPSA) is 73.0 Å². The Bertz CT molecular complexity index is 513. The summed E-state index contributed by atoms with van der Waals surface area (Å²) < 4.78 is 0. The first-order valence-corrected chi connectivity index (χ1v) is 11.0. The highest BCUT2D eigenvalue weighted by Gasteiger charge is 2.22. The molecule has 7 heteroatoms. The molecule has 1 rings (SSSR count). The van der Waals surface area contributed by atoms with Crippen molar-refractivity contribution in [1.82, 2.24) is 20.0 Å². The number of hydrogen-bond donors (Lipinski definition) is 1. The molecule has 0 aliphatic carbocycles. The van der Waals surface area contributed by atoms with Crippen LogP contribution in [0.1, 0.15) is 60.3 Å². The van der Waals surface area contributed by atoms with Crippen LogP contribution >= 0.6 is 0 Å². The number of amides is 3. The van der Waals surface area contributed by atoms with Crippen LogP contribution in [0.3, 0.4) is 0 Å². The Labute approximate surface area is 184 Å². The van der Waals surface area contributed by atoms with Crippen molar-refractivity contribution in [3.05, 3.63) is 11.6 Å². The van der Waals surface area contributed by atoms with Crippen LogP contribution in [0.15, 0.2) is 11.6 Å². The Hall–Kier alpha value is -1.89. The summed E-state index contributed by atoms with van der Waals surface area (Å²) in [6.45, 7) is 12.5. The van der Waals surface area contributed by atoms with Crippen molar-refractivity contribution >= 4 is 18.2 Å². The maximum atomic E-state index is 11.9. The summed E-state index contributed by atoms with van der Waals surface area (Å²) in [6, 6.07) is -0.195. The van der Waals surface area contributed by atoms with Gasteiger partial charge < -0.3 is 20.0 Å². The minimum Gasteiger partial charge on any atom is -0.350 e. The smallest absolute Gasteiger partial charge is 0.248 e. The second kappa shape index (κ2) is 17.9. The van der Waals surface area contributed by atoms with Gasteiger partial charge in [-0.2, -0.15) is 0 Å². The van der Waals surface area contributed by atoms with E-state index < -0.39 is 0 Å². The molecule has 1 atom stereocenters. The van der Waals surface area contributed by atoms with Crippen molar-refractivity contribution in [2.75, 3.05) is 47.8 Å². The van der Waals surface area contributed by atoms with E-state index in [4.69, 9.17) is 0 Å². The standard InChI is InChI=1S/C14H25N3O3.C6H13N.C3H8/c1-10(2)12(7-11(3)14(20)16(4)5)17(6)13(19)8-15-9-18;1-7-5-3-2-4-6-7;1-3-2/h7,9-10,12H,8H2,1-6H3,(H,15,18);2-6H2,1H3;3H2,1-2H3/b11-7+;;/t12-;;/m1../s1. The molecule has 0 aromatic heterocycles. The first-order valence-electron chi connectivity index (χ1n) is 11.0. The minimum absolute atomic E-state index is 0.0439. The van der Waals surface area contributed by atoms with Crippen molar-refractivity contribution in [3.63, 3.8) is 0 Å². The first kappa shape index (κ1) is 30.3. The summed E-state index contributed by atoms with van der Waals surface area (Å²) in [7, 11) is 7.24. The lowest BCUT2D eigenvalue weighted by Crippen LogP contribution is -2.43. The summed E-state index contributed by atoms with van der Waals surface area (Å²) in [6.07, 6.45) is 7.82. The third kappa shape index (κ3) is 14.1. The number of rotatable bonds is 7. The van der Waals surface area contributed by atoms with E-state index in [1.54, 1.807) is 39.0 Å². The lowest BCUT2D eigenvalue weighted by Gasteiger charge is -2.29. The number of hydrogen-bond acceptors (Lipinski definition) is 4. The highest BCUT2D eigenvalue weighted by molar-refractivity contribution is 5.92. The fourth-order valence-corrected chi connectivity index (χ4v) is 2.90. The van der Waals surface area contributed by atoms with E-state index in [0.29, 0.717) is 12.0 Å². The van der Waals surface area contributed by atoms with E-state index in [0.717, 1.165) is 0 Å².